The van der Waals surface area contributed by atoms with Crippen LogP contribution in [0.3, 0.4) is 0 Å². The van der Waals surface area contributed by atoms with E-state index in [4.69, 9.17) is 9.84 Å². The van der Waals surface area contributed by atoms with Crippen molar-refractivity contribution in [3.8, 4) is 0 Å². The fourth-order valence-corrected chi connectivity index (χ4v) is 7.45. The number of aliphatic hydroxyl groups is 1. The molecule has 1 aromatic rings. The van der Waals surface area contributed by atoms with Gasteiger partial charge in [0, 0.05) is 31.3 Å². The monoisotopic (exact) mass is 455 g/mol. The molecule has 0 amide bonds. The van der Waals surface area contributed by atoms with Crippen molar-refractivity contribution in [1.82, 2.24) is 4.57 Å². The zero-order valence-corrected chi connectivity index (χ0v) is 19.9. The van der Waals surface area contributed by atoms with Crippen LogP contribution >= 0.6 is 0 Å². The van der Waals surface area contributed by atoms with Crippen molar-refractivity contribution < 1.29 is 19.7 Å². The number of aliphatic carboxylic acids is 1. The third-order valence-electron chi connectivity index (χ3n) is 9.21. The minimum absolute atomic E-state index is 0.114. The number of aliphatic hydroxyl groups excluding tert-OH is 1. The Morgan fingerprint density at radius 2 is 2.06 bits per heavy atom. The van der Waals surface area contributed by atoms with Crippen molar-refractivity contribution in [2.75, 3.05) is 0 Å². The minimum Gasteiger partial charge on any atom is -0.481 e. The Morgan fingerprint density at radius 1 is 1.21 bits per heavy atom. The molecule has 2 unspecified atom stereocenters. The summed E-state index contributed by atoms with van der Waals surface area (Å²) < 4.78 is 8.49. The molecule has 1 spiro atoms. The van der Waals surface area contributed by atoms with Crippen LogP contribution in [0.5, 0.6) is 0 Å². The highest BCUT2D eigenvalue weighted by molar-refractivity contribution is 5.66. The van der Waals surface area contributed by atoms with Crippen molar-refractivity contribution in [2.24, 2.45) is 23.7 Å². The number of nitrogens with zero attached hydrogens (tertiary/aromatic N) is 1. The fourth-order valence-electron chi connectivity index (χ4n) is 7.45. The molecule has 4 aliphatic rings. The second kappa shape index (κ2) is 9.95. The molecule has 0 aromatic carbocycles. The average Bonchev–Trinajstić information content (AvgIpc) is 3.22. The predicted octanol–water partition coefficient (Wildman–Crippen LogP) is 5.88. The molecule has 5 nitrogen and oxygen atoms in total. The van der Waals surface area contributed by atoms with Gasteiger partial charge in [-0.3, -0.25) is 4.79 Å². The van der Waals surface area contributed by atoms with E-state index in [0.29, 0.717) is 30.3 Å². The minimum atomic E-state index is -0.732. The third-order valence-corrected chi connectivity index (χ3v) is 9.21. The van der Waals surface area contributed by atoms with Crippen LogP contribution in [-0.2, 0) is 16.1 Å². The second-order valence-corrected chi connectivity index (χ2v) is 11.1. The van der Waals surface area contributed by atoms with Crippen LogP contribution in [0, 0.1) is 23.7 Å². The number of rotatable bonds is 12. The highest BCUT2D eigenvalue weighted by Crippen LogP contribution is 2.71. The largest absolute Gasteiger partial charge is 0.481 e. The second-order valence-electron chi connectivity index (χ2n) is 11.1. The predicted molar refractivity (Wildman–Crippen MR) is 128 cm³/mol. The maximum atomic E-state index is 10.7. The van der Waals surface area contributed by atoms with Crippen LogP contribution < -0.4 is 0 Å². The van der Waals surface area contributed by atoms with Crippen molar-refractivity contribution in [3.63, 3.8) is 0 Å². The van der Waals surface area contributed by atoms with Gasteiger partial charge >= 0.3 is 5.97 Å². The lowest BCUT2D eigenvalue weighted by molar-refractivity contribution is -0.136. The van der Waals surface area contributed by atoms with E-state index in [1.54, 1.807) is 0 Å². The van der Waals surface area contributed by atoms with Crippen LogP contribution in [0.25, 0.3) is 0 Å². The van der Waals surface area contributed by atoms with E-state index < -0.39 is 5.97 Å². The lowest BCUT2D eigenvalue weighted by Gasteiger charge is -2.49. The van der Waals surface area contributed by atoms with Crippen LogP contribution in [0.4, 0.5) is 0 Å². The third kappa shape index (κ3) is 4.81. The van der Waals surface area contributed by atoms with Gasteiger partial charge in [-0.2, -0.15) is 0 Å². The molecular weight excluding hydrogens is 414 g/mol. The quantitative estimate of drug-likeness (QED) is 0.305. The van der Waals surface area contributed by atoms with Crippen LogP contribution in [-0.4, -0.2) is 32.5 Å². The van der Waals surface area contributed by atoms with Gasteiger partial charge in [-0.25, -0.2) is 0 Å². The molecule has 1 aromatic heterocycles. The van der Waals surface area contributed by atoms with Crippen LogP contribution in [0.15, 0.2) is 30.6 Å². The Morgan fingerprint density at radius 3 is 2.85 bits per heavy atom. The van der Waals surface area contributed by atoms with E-state index >= 15 is 0 Å². The van der Waals surface area contributed by atoms with Gasteiger partial charge in [0.2, 0.25) is 0 Å². The topological polar surface area (TPSA) is 75.0 Å². The van der Waals surface area contributed by atoms with Crippen molar-refractivity contribution >= 4 is 5.97 Å². The number of aromatic nitrogens is 1. The average molecular weight is 456 g/mol. The van der Waals surface area contributed by atoms with Gasteiger partial charge < -0.3 is 19.5 Å². The van der Waals surface area contributed by atoms with Crippen LogP contribution in [0.1, 0.15) is 95.1 Å². The zero-order valence-electron chi connectivity index (χ0n) is 19.9. The molecule has 3 saturated carbocycles. The zero-order chi connectivity index (χ0) is 22.8. The van der Waals surface area contributed by atoms with Gasteiger partial charge in [-0.05, 0) is 61.5 Å². The Bertz CT molecular complexity index is 841. The number of carboxylic acids is 1. The molecule has 0 radical (unpaired) electrons. The summed E-state index contributed by atoms with van der Waals surface area (Å²) in [5.74, 6) is 1.95. The van der Waals surface area contributed by atoms with E-state index in [0.717, 1.165) is 37.3 Å². The molecule has 5 heteroatoms. The summed E-state index contributed by atoms with van der Waals surface area (Å²) in [4.78, 5) is 10.7. The molecule has 1 saturated heterocycles. The summed E-state index contributed by atoms with van der Waals surface area (Å²) in [5.41, 5.74) is 1.17. The maximum absolute atomic E-state index is 10.7. The molecular formula is C28H41NO4. The van der Waals surface area contributed by atoms with Gasteiger partial charge in [0.15, 0.2) is 0 Å². The maximum Gasteiger partial charge on any atom is 0.303 e. The molecule has 182 valence electrons. The summed E-state index contributed by atoms with van der Waals surface area (Å²) in [6.07, 6.45) is 23.1. The number of hydrogen-bond donors (Lipinski definition) is 2. The van der Waals surface area contributed by atoms with Crippen molar-refractivity contribution in [2.45, 2.75) is 108 Å². The van der Waals surface area contributed by atoms with E-state index in [1.165, 1.54) is 51.4 Å². The number of carboxylic acid groups (broad SMARTS) is 1. The number of epoxide rings is 1. The number of allylic oxidation sites excluding steroid dienone is 2. The first-order chi connectivity index (χ1) is 16.1. The molecule has 6 atom stereocenters. The smallest absolute Gasteiger partial charge is 0.303 e. The first-order valence-corrected chi connectivity index (χ1v) is 13.5. The standard InChI is InChI=1S/C28H41NO4/c30-25(12-7-10-20-8-3-1-4-9-20)21-16-17-29(18-21)19-24-22(11-5-2-6-13-27(31)32)23-14-15-26-28(23,24)33-26/h2,5,16-18,20,22-26,30H,1,3-4,6-15,19H2,(H,31,32)/b5-2+/t22-,23-,24?,25+,26-,28?/m0/s1. The van der Waals surface area contributed by atoms with Gasteiger partial charge in [0.25, 0.3) is 0 Å². The summed E-state index contributed by atoms with van der Waals surface area (Å²) in [6.45, 7) is 0.954. The van der Waals surface area contributed by atoms with Crippen molar-refractivity contribution in [3.05, 3.63) is 36.2 Å². The van der Waals surface area contributed by atoms with Gasteiger partial charge in [0.05, 0.1) is 12.2 Å². The van der Waals surface area contributed by atoms with E-state index in [2.05, 4.69) is 29.1 Å². The Hall–Kier alpha value is -1.59. The number of carbonyl (C=O) groups is 1. The normalized spacial score (nSPS) is 34.1. The number of hydrogen-bond acceptors (Lipinski definition) is 3. The summed E-state index contributed by atoms with van der Waals surface area (Å²) >= 11 is 0. The van der Waals surface area contributed by atoms with Gasteiger partial charge in [0.1, 0.15) is 5.60 Å². The highest BCUT2D eigenvalue weighted by Gasteiger charge is 2.78. The van der Waals surface area contributed by atoms with E-state index in [9.17, 15) is 9.90 Å². The lowest BCUT2D eigenvalue weighted by Crippen LogP contribution is -2.54. The van der Waals surface area contributed by atoms with E-state index in [-0.39, 0.29) is 18.1 Å². The molecule has 2 N–H and O–H groups in total. The fraction of sp³-hybridized carbons (Fsp3) is 0.750. The Kier molecular flexibility index (Phi) is 6.99. The summed E-state index contributed by atoms with van der Waals surface area (Å²) in [5, 5.41) is 19.6. The molecule has 3 aliphatic carbocycles. The Labute approximate surface area is 198 Å². The SMILES string of the molecule is O=C(O)CC/C=C/C[C@@H]1C(Cn2ccc([C@H](O)CCCC3CCCCC3)c2)C23O[C@H]2CC[C@@H]13. The number of ether oxygens (including phenoxy) is 1. The van der Waals surface area contributed by atoms with Crippen LogP contribution in [0.2, 0.25) is 0 Å². The molecule has 1 aliphatic heterocycles. The van der Waals surface area contributed by atoms with Crippen molar-refractivity contribution in [1.29, 1.82) is 0 Å². The van der Waals surface area contributed by atoms with Gasteiger partial charge in [-0.15, -0.1) is 0 Å². The Balaban J connectivity index is 1.13. The van der Waals surface area contributed by atoms with E-state index in [1.807, 2.05) is 6.08 Å². The molecule has 4 fully saturated rings. The molecule has 5 rings (SSSR count). The summed E-state index contributed by atoms with van der Waals surface area (Å²) in [6, 6.07) is 2.10. The molecule has 0 bridgehead atoms. The first kappa shape index (κ1) is 23.2. The first-order valence-electron chi connectivity index (χ1n) is 13.5. The molecule has 33 heavy (non-hydrogen) atoms. The highest BCUT2D eigenvalue weighted by atomic mass is 16.6. The lowest BCUT2D eigenvalue weighted by atomic mass is 9.56. The van der Waals surface area contributed by atoms with Gasteiger partial charge in [-0.1, -0.05) is 57.1 Å². The molecule has 2 heterocycles. The summed E-state index contributed by atoms with van der Waals surface area (Å²) in [7, 11) is 0.